The molecular formula is C25H30Cl2N6O4. The molecule has 12 heteroatoms. The summed E-state index contributed by atoms with van der Waals surface area (Å²) in [6, 6.07) is 10.5. The van der Waals surface area contributed by atoms with Crippen LogP contribution in [0.3, 0.4) is 0 Å². The van der Waals surface area contributed by atoms with Gasteiger partial charge < -0.3 is 31.3 Å². The molecule has 0 atom stereocenters. The number of amides is 2. The number of oxime groups is 1. The Kier molecular flexibility index (Phi) is 11.0. The summed E-state index contributed by atoms with van der Waals surface area (Å²) >= 11 is 12.7. The number of carbonyl (C=O) groups excluding carboxylic acids is 2. The number of guanidine groups is 1. The Balaban J connectivity index is 1.80. The third-order valence-corrected chi connectivity index (χ3v) is 5.79. The van der Waals surface area contributed by atoms with Gasteiger partial charge in [-0.25, -0.2) is 0 Å². The monoisotopic (exact) mass is 548 g/mol. The molecule has 2 amide bonds. The standard InChI is InChI=1S/C25H30Cl2N6O4/c1-2-37-33-21-13-22(34)32-25(28)30-14-16-11-19(26)24(20(27)12-16)31-23(35)15-29-9-3-4-10-36-18-7-5-17(21)6-8-18/h5-8,11-12,29H,2-4,9-10,13-15H2,1H3,(H,31,35)(H3,28,30,32,34). The van der Waals surface area contributed by atoms with Gasteiger partial charge in [0.1, 0.15) is 12.4 Å². The van der Waals surface area contributed by atoms with Crippen molar-refractivity contribution in [3.8, 4) is 5.75 Å². The van der Waals surface area contributed by atoms with Crippen molar-refractivity contribution in [2.75, 3.05) is 31.6 Å². The van der Waals surface area contributed by atoms with Crippen molar-refractivity contribution in [1.29, 1.82) is 0 Å². The molecular weight excluding hydrogens is 519 g/mol. The number of carbonyl (C=O) groups is 2. The number of aliphatic imine (C=N–C) groups is 1. The van der Waals surface area contributed by atoms with Gasteiger partial charge in [0, 0.05) is 12.1 Å². The van der Waals surface area contributed by atoms with E-state index in [4.69, 9.17) is 38.5 Å². The largest absolute Gasteiger partial charge is 0.494 e. The minimum atomic E-state index is -0.499. The minimum Gasteiger partial charge on any atom is -0.494 e. The molecule has 4 aliphatic heterocycles. The van der Waals surface area contributed by atoms with Crippen LogP contribution in [0.15, 0.2) is 46.5 Å². The Morgan fingerprint density at radius 3 is 2.54 bits per heavy atom. The molecule has 0 spiro atoms. The number of anilines is 1. The first-order valence-corrected chi connectivity index (χ1v) is 12.6. The van der Waals surface area contributed by atoms with Crippen LogP contribution in [0.4, 0.5) is 5.69 Å². The Hall–Kier alpha value is -3.34. The lowest BCUT2D eigenvalue weighted by Crippen LogP contribution is -2.32. The van der Waals surface area contributed by atoms with Crippen LogP contribution in [0.2, 0.25) is 10.0 Å². The fourth-order valence-corrected chi connectivity index (χ4v) is 4.02. The highest BCUT2D eigenvalue weighted by molar-refractivity contribution is 6.39. The summed E-state index contributed by atoms with van der Waals surface area (Å²) < 4.78 is 5.79. The fraction of sp³-hybridized carbons (Fsp3) is 0.360. The highest BCUT2D eigenvalue weighted by atomic mass is 35.5. The van der Waals surface area contributed by atoms with Crippen molar-refractivity contribution in [3.05, 3.63) is 57.6 Å². The van der Waals surface area contributed by atoms with Gasteiger partial charge >= 0.3 is 0 Å². The second-order valence-electron chi connectivity index (χ2n) is 8.12. The molecule has 4 aliphatic rings. The van der Waals surface area contributed by atoms with Crippen molar-refractivity contribution in [3.63, 3.8) is 0 Å². The van der Waals surface area contributed by atoms with E-state index < -0.39 is 5.91 Å². The molecule has 0 radical (unpaired) electrons. The number of hydrogen-bond donors (Lipinski definition) is 4. The predicted molar refractivity (Wildman–Crippen MR) is 145 cm³/mol. The van der Waals surface area contributed by atoms with Crippen LogP contribution in [-0.2, 0) is 21.0 Å². The fourth-order valence-electron chi connectivity index (χ4n) is 3.40. The van der Waals surface area contributed by atoms with Gasteiger partial charge in [0.15, 0.2) is 5.96 Å². The molecule has 10 nitrogen and oxygen atoms in total. The zero-order valence-corrected chi connectivity index (χ0v) is 22.0. The van der Waals surface area contributed by atoms with E-state index in [-0.39, 0.29) is 41.4 Å². The average Bonchev–Trinajstić information content (AvgIpc) is 2.86. The van der Waals surface area contributed by atoms with E-state index >= 15 is 0 Å². The molecule has 0 saturated carbocycles. The quantitative estimate of drug-likeness (QED) is 0.421. The Bertz CT molecular complexity index is 1130. The summed E-state index contributed by atoms with van der Waals surface area (Å²) in [6.45, 7) is 3.65. The van der Waals surface area contributed by atoms with Gasteiger partial charge in [0.2, 0.25) is 5.91 Å². The van der Waals surface area contributed by atoms with E-state index in [1.807, 2.05) is 24.3 Å². The molecule has 0 unspecified atom stereocenters. The number of rotatable bonds is 2. The molecule has 0 saturated heterocycles. The molecule has 2 aromatic carbocycles. The van der Waals surface area contributed by atoms with E-state index in [2.05, 4.69) is 26.1 Å². The number of benzene rings is 2. The third kappa shape index (κ3) is 9.23. The summed E-state index contributed by atoms with van der Waals surface area (Å²) in [4.78, 5) is 34.0. The van der Waals surface area contributed by atoms with Gasteiger partial charge in [-0.15, -0.1) is 0 Å². The number of ether oxygens (including phenoxy) is 1. The first kappa shape index (κ1) is 28.2. The Morgan fingerprint density at radius 1 is 1.11 bits per heavy atom. The van der Waals surface area contributed by atoms with Crippen molar-refractivity contribution >= 4 is 52.4 Å². The molecule has 0 aliphatic carbocycles. The molecule has 0 fully saturated rings. The lowest BCUT2D eigenvalue weighted by atomic mass is 10.1. The van der Waals surface area contributed by atoms with Gasteiger partial charge in [0.25, 0.3) is 5.91 Å². The maximum Gasteiger partial charge on any atom is 0.255 e. The molecule has 198 valence electrons. The Morgan fingerprint density at radius 2 is 1.84 bits per heavy atom. The smallest absolute Gasteiger partial charge is 0.255 e. The van der Waals surface area contributed by atoms with Crippen molar-refractivity contribution in [1.82, 2.24) is 10.6 Å². The molecule has 5 N–H and O–H groups in total. The number of hydrogen-bond acceptors (Lipinski definition) is 8. The summed E-state index contributed by atoms with van der Waals surface area (Å²) in [5.41, 5.74) is 8.05. The third-order valence-electron chi connectivity index (χ3n) is 5.20. The molecule has 2 aromatic rings. The minimum absolute atomic E-state index is 0.0744. The van der Waals surface area contributed by atoms with Crippen LogP contribution >= 0.6 is 23.2 Å². The molecule has 4 bridgehead atoms. The number of nitrogens with zero attached hydrogens (tertiary/aromatic N) is 2. The van der Waals surface area contributed by atoms with E-state index in [1.165, 1.54) is 0 Å². The summed E-state index contributed by atoms with van der Waals surface area (Å²) in [6.07, 6.45) is 1.52. The van der Waals surface area contributed by atoms with Gasteiger partial charge in [-0.05, 0) is 68.3 Å². The second-order valence-corrected chi connectivity index (χ2v) is 8.93. The number of halogens is 2. The van der Waals surface area contributed by atoms with Crippen molar-refractivity contribution in [2.24, 2.45) is 15.9 Å². The molecule has 0 aromatic heterocycles. The van der Waals surface area contributed by atoms with Crippen LogP contribution in [0.1, 0.15) is 37.3 Å². The van der Waals surface area contributed by atoms with Crippen LogP contribution in [0.5, 0.6) is 5.75 Å². The normalized spacial score (nSPS) is 18.8. The SMILES string of the molecule is CCON=C1CC(=O)/N=C(/N)NCc2cc(Cl)c(c(Cl)c2)NC(=O)CNCCCCOc2ccc1cc2. The summed E-state index contributed by atoms with van der Waals surface area (Å²) in [5, 5.41) is 13.3. The second kappa shape index (κ2) is 14.4. The first-order valence-electron chi connectivity index (χ1n) is 11.9. The highest BCUT2D eigenvalue weighted by Gasteiger charge is 2.14. The summed E-state index contributed by atoms with van der Waals surface area (Å²) in [7, 11) is 0. The van der Waals surface area contributed by atoms with Crippen molar-refractivity contribution in [2.45, 2.75) is 32.7 Å². The van der Waals surface area contributed by atoms with E-state index in [0.717, 1.165) is 12.8 Å². The zero-order valence-electron chi connectivity index (χ0n) is 20.5. The number of nitrogens with one attached hydrogen (secondary N) is 3. The molecule has 6 rings (SSSR count). The van der Waals surface area contributed by atoms with Crippen molar-refractivity contribution < 1.29 is 19.2 Å². The number of nitrogens with two attached hydrogens (primary N) is 1. The van der Waals surface area contributed by atoms with Gasteiger partial charge in [-0.1, -0.05) is 28.4 Å². The first-order chi connectivity index (χ1) is 17.9. The van der Waals surface area contributed by atoms with Gasteiger partial charge in [0.05, 0.1) is 41.0 Å². The zero-order chi connectivity index (χ0) is 26.6. The van der Waals surface area contributed by atoms with E-state index in [9.17, 15) is 9.59 Å². The maximum absolute atomic E-state index is 12.6. The van der Waals surface area contributed by atoms with E-state index in [0.29, 0.717) is 48.0 Å². The van der Waals surface area contributed by atoms with Gasteiger partial charge in [-0.3, -0.25) is 9.59 Å². The lowest BCUT2D eigenvalue weighted by Gasteiger charge is -2.13. The average molecular weight is 549 g/mol. The summed E-state index contributed by atoms with van der Waals surface area (Å²) in [5.74, 6) is -0.142. The molecule has 4 heterocycles. The topological polar surface area (TPSA) is 139 Å². The van der Waals surface area contributed by atoms with E-state index in [1.54, 1.807) is 19.1 Å². The lowest BCUT2D eigenvalue weighted by molar-refractivity contribution is -0.117. The Labute approximate surface area is 225 Å². The van der Waals surface area contributed by atoms with Crippen LogP contribution in [-0.4, -0.2) is 49.8 Å². The predicted octanol–water partition coefficient (Wildman–Crippen LogP) is 3.46. The van der Waals surface area contributed by atoms with Crippen LogP contribution in [0.25, 0.3) is 0 Å². The molecule has 37 heavy (non-hydrogen) atoms. The maximum atomic E-state index is 12.6. The van der Waals surface area contributed by atoms with Crippen LogP contribution in [0, 0.1) is 0 Å². The van der Waals surface area contributed by atoms with Crippen LogP contribution < -0.4 is 26.4 Å². The highest BCUT2D eigenvalue weighted by Crippen LogP contribution is 2.31. The van der Waals surface area contributed by atoms with Gasteiger partial charge in [-0.2, -0.15) is 4.99 Å².